The Morgan fingerprint density at radius 2 is 2.19 bits per heavy atom. The highest BCUT2D eigenvalue weighted by atomic mass is 32.2. The molecule has 0 aromatic heterocycles. The molecule has 0 heterocycles. The van der Waals surface area contributed by atoms with Crippen LogP contribution in [0.5, 0.6) is 0 Å². The van der Waals surface area contributed by atoms with Crippen molar-refractivity contribution >= 4 is 17.7 Å². The first-order valence-corrected chi connectivity index (χ1v) is 6.49. The van der Waals surface area contributed by atoms with Crippen molar-refractivity contribution in [3.63, 3.8) is 0 Å². The largest absolute Gasteiger partial charge is 0.459 e. The number of hydrogen-bond acceptors (Lipinski definition) is 4. The molecular weight excluding hydrogens is 222 g/mol. The Morgan fingerprint density at radius 1 is 1.56 bits per heavy atom. The van der Waals surface area contributed by atoms with E-state index in [1.807, 2.05) is 20.8 Å². The van der Waals surface area contributed by atoms with Gasteiger partial charge < -0.3 is 10.1 Å². The fraction of sp³-hybridized carbons (Fsp3) is 0.750. The molecule has 0 fully saturated rings. The zero-order valence-corrected chi connectivity index (χ0v) is 11.3. The Balaban J connectivity index is 3.68. The van der Waals surface area contributed by atoms with E-state index in [1.165, 1.54) is 0 Å². The Hall–Kier alpha value is -0.660. The molecule has 0 spiro atoms. The number of carbonyl (C=O) groups excluding carboxylic acids is 1. The summed E-state index contributed by atoms with van der Waals surface area (Å²) in [4.78, 5) is 11.6. The van der Waals surface area contributed by atoms with Gasteiger partial charge in [-0.1, -0.05) is 5.92 Å². The molecule has 0 aromatic rings. The highest BCUT2D eigenvalue weighted by molar-refractivity contribution is 7.99. The SMILES string of the molecule is C#CCSCCNC(C)C(=O)OC(C)(C)C. The van der Waals surface area contributed by atoms with Gasteiger partial charge in [-0.15, -0.1) is 18.2 Å². The molecule has 0 saturated carbocycles. The zero-order chi connectivity index (χ0) is 12.6. The zero-order valence-electron chi connectivity index (χ0n) is 10.5. The maximum absolute atomic E-state index is 11.6. The summed E-state index contributed by atoms with van der Waals surface area (Å²) in [5.74, 6) is 3.95. The summed E-state index contributed by atoms with van der Waals surface area (Å²) in [6.45, 7) is 8.15. The molecule has 16 heavy (non-hydrogen) atoms. The maximum atomic E-state index is 11.6. The van der Waals surface area contributed by atoms with E-state index in [-0.39, 0.29) is 12.0 Å². The molecule has 92 valence electrons. The Kier molecular flexibility index (Phi) is 7.27. The number of nitrogens with one attached hydrogen (secondary N) is 1. The number of thioether (sulfide) groups is 1. The number of ether oxygens (including phenoxy) is 1. The second kappa shape index (κ2) is 7.59. The molecule has 3 nitrogen and oxygen atoms in total. The molecule has 0 aliphatic rings. The maximum Gasteiger partial charge on any atom is 0.323 e. The standard InChI is InChI=1S/C12H21NO2S/c1-6-8-16-9-7-13-10(2)11(14)15-12(3,4)5/h1,10,13H,7-9H2,2-5H3. The van der Waals surface area contributed by atoms with Gasteiger partial charge in [-0.25, -0.2) is 0 Å². The van der Waals surface area contributed by atoms with E-state index in [4.69, 9.17) is 11.2 Å². The lowest BCUT2D eigenvalue weighted by atomic mass is 10.2. The number of rotatable bonds is 6. The predicted molar refractivity (Wildman–Crippen MR) is 69.5 cm³/mol. The van der Waals surface area contributed by atoms with Crippen molar-refractivity contribution in [2.45, 2.75) is 39.3 Å². The minimum Gasteiger partial charge on any atom is -0.459 e. The van der Waals surface area contributed by atoms with E-state index in [0.29, 0.717) is 5.75 Å². The van der Waals surface area contributed by atoms with E-state index in [1.54, 1.807) is 18.7 Å². The summed E-state index contributed by atoms with van der Waals surface area (Å²) < 4.78 is 5.24. The van der Waals surface area contributed by atoms with E-state index >= 15 is 0 Å². The van der Waals surface area contributed by atoms with Crippen LogP contribution in [0.15, 0.2) is 0 Å². The quantitative estimate of drug-likeness (QED) is 0.437. The fourth-order valence-corrected chi connectivity index (χ4v) is 1.48. The number of terminal acetylenes is 1. The summed E-state index contributed by atoms with van der Waals surface area (Å²) in [7, 11) is 0. The van der Waals surface area contributed by atoms with Gasteiger partial charge in [-0.3, -0.25) is 4.79 Å². The summed E-state index contributed by atoms with van der Waals surface area (Å²) in [6, 6.07) is -0.273. The first-order chi connectivity index (χ1) is 7.37. The first-order valence-electron chi connectivity index (χ1n) is 5.34. The number of hydrogen-bond donors (Lipinski definition) is 1. The normalized spacial score (nSPS) is 12.9. The number of carbonyl (C=O) groups is 1. The van der Waals surface area contributed by atoms with Gasteiger partial charge >= 0.3 is 5.97 Å². The molecule has 1 N–H and O–H groups in total. The van der Waals surface area contributed by atoms with E-state index in [0.717, 1.165) is 12.3 Å². The van der Waals surface area contributed by atoms with Crippen LogP contribution in [0.4, 0.5) is 0 Å². The lowest BCUT2D eigenvalue weighted by Crippen LogP contribution is -2.40. The van der Waals surface area contributed by atoms with Gasteiger partial charge in [0.2, 0.25) is 0 Å². The summed E-state index contributed by atoms with van der Waals surface area (Å²) in [5.41, 5.74) is -0.425. The average molecular weight is 243 g/mol. The van der Waals surface area contributed by atoms with E-state index in [2.05, 4.69) is 11.2 Å². The smallest absolute Gasteiger partial charge is 0.323 e. The molecule has 0 amide bonds. The Morgan fingerprint density at radius 3 is 2.69 bits per heavy atom. The van der Waals surface area contributed by atoms with Crippen LogP contribution in [-0.4, -0.2) is 35.7 Å². The van der Waals surface area contributed by atoms with Crippen molar-refractivity contribution in [2.75, 3.05) is 18.1 Å². The molecule has 0 rings (SSSR count). The Bertz CT molecular complexity index is 253. The number of esters is 1. The van der Waals surface area contributed by atoms with Gasteiger partial charge in [0, 0.05) is 12.3 Å². The average Bonchev–Trinajstić information content (AvgIpc) is 2.14. The van der Waals surface area contributed by atoms with Crippen molar-refractivity contribution < 1.29 is 9.53 Å². The van der Waals surface area contributed by atoms with Crippen LogP contribution in [0.3, 0.4) is 0 Å². The molecule has 0 radical (unpaired) electrons. The van der Waals surface area contributed by atoms with Gasteiger partial charge in [0.15, 0.2) is 0 Å². The van der Waals surface area contributed by atoms with Crippen LogP contribution in [0.2, 0.25) is 0 Å². The van der Waals surface area contributed by atoms with Crippen LogP contribution < -0.4 is 5.32 Å². The van der Waals surface area contributed by atoms with E-state index < -0.39 is 5.60 Å². The lowest BCUT2D eigenvalue weighted by molar-refractivity contribution is -0.156. The summed E-state index contributed by atoms with van der Waals surface area (Å²) in [6.07, 6.45) is 5.12. The third kappa shape index (κ3) is 8.63. The van der Waals surface area contributed by atoms with Crippen LogP contribution in [0.25, 0.3) is 0 Å². The molecule has 0 aliphatic heterocycles. The topological polar surface area (TPSA) is 38.3 Å². The fourth-order valence-electron chi connectivity index (χ4n) is 0.952. The molecule has 0 aliphatic carbocycles. The van der Waals surface area contributed by atoms with Crippen molar-refractivity contribution in [3.05, 3.63) is 0 Å². The summed E-state index contributed by atoms with van der Waals surface area (Å²) >= 11 is 1.67. The third-order valence-corrected chi connectivity index (χ3v) is 2.51. The van der Waals surface area contributed by atoms with Gasteiger partial charge in [-0.2, -0.15) is 0 Å². The van der Waals surface area contributed by atoms with Crippen molar-refractivity contribution in [1.29, 1.82) is 0 Å². The van der Waals surface area contributed by atoms with Gasteiger partial charge in [0.1, 0.15) is 11.6 Å². The Labute approximate surface area is 103 Å². The third-order valence-electron chi connectivity index (χ3n) is 1.64. The lowest BCUT2D eigenvalue weighted by Gasteiger charge is -2.22. The highest BCUT2D eigenvalue weighted by Gasteiger charge is 2.20. The van der Waals surface area contributed by atoms with Crippen molar-refractivity contribution in [2.24, 2.45) is 0 Å². The van der Waals surface area contributed by atoms with Crippen LogP contribution in [0.1, 0.15) is 27.7 Å². The second-order valence-corrected chi connectivity index (χ2v) is 5.57. The van der Waals surface area contributed by atoms with E-state index in [9.17, 15) is 4.79 Å². The first kappa shape index (κ1) is 15.3. The molecule has 0 aromatic carbocycles. The summed E-state index contributed by atoms with van der Waals surface area (Å²) in [5, 5.41) is 3.10. The second-order valence-electron chi connectivity index (χ2n) is 4.47. The molecule has 1 unspecified atom stereocenters. The predicted octanol–water partition coefficient (Wildman–Crippen LogP) is 1.67. The minimum atomic E-state index is -0.425. The highest BCUT2D eigenvalue weighted by Crippen LogP contribution is 2.08. The van der Waals surface area contributed by atoms with Crippen LogP contribution >= 0.6 is 11.8 Å². The van der Waals surface area contributed by atoms with Gasteiger partial charge in [0.25, 0.3) is 0 Å². The minimum absolute atomic E-state index is 0.213. The molecular formula is C12H21NO2S. The van der Waals surface area contributed by atoms with Crippen molar-refractivity contribution in [3.8, 4) is 12.3 Å². The van der Waals surface area contributed by atoms with Crippen LogP contribution in [-0.2, 0) is 9.53 Å². The molecule has 0 saturated heterocycles. The van der Waals surface area contributed by atoms with Crippen LogP contribution in [0, 0.1) is 12.3 Å². The molecule has 4 heteroatoms. The molecule has 1 atom stereocenters. The van der Waals surface area contributed by atoms with Crippen molar-refractivity contribution in [1.82, 2.24) is 5.32 Å². The van der Waals surface area contributed by atoms with Gasteiger partial charge in [-0.05, 0) is 27.7 Å². The van der Waals surface area contributed by atoms with Gasteiger partial charge in [0.05, 0.1) is 5.75 Å². The monoisotopic (exact) mass is 243 g/mol. The molecule has 0 bridgehead atoms.